The van der Waals surface area contributed by atoms with Crippen molar-refractivity contribution in [1.82, 2.24) is 19.3 Å². The molecule has 0 saturated carbocycles. The molecule has 174 valence electrons. The Morgan fingerprint density at radius 1 is 1.21 bits per heavy atom. The van der Waals surface area contributed by atoms with Crippen LogP contribution < -0.4 is 4.74 Å². The van der Waals surface area contributed by atoms with Gasteiger partial charge < -0.3 is 9.72 Å². The zero-order chi connectivity index (χ0) is 23.7. The maximum Gasteiger partial charge on any atom is 0.416 e. The molecule has 0 bridgehead atoms. The molecule has 5 nitrogen and oxygen atoms in total. The molecule has 5 rings (SSSR count). The zero-order valence-electron chi connectivity index (χ0n) is 18.0. The van der Waals surface area contributed by atoms with E-state index in [2.05, 4.69) is 25.8 Å². The molecular formula is C25H21F3N4OS. The fourth-order valence-corrected chi connectivity index (χ4v) is 4.80. The number of nitrogens with one attached hydrogen (secondary N) is 1. The maximum absolute atomic E-state index is 13.4. The number of nitrogens with zero attached hydrogens (tertiary/aromatic N) is 3. The standard InChI is InChI=1S/C25H21F3N4OS/c1-2-34-32-12-9-18(32)15-33-21-14-29-11-8-19(21)23-22(24-20(31-23)7-4-10-30-24)16-5-3-6-17(13-16)25(26,27)28/h2-8,10-11,13-14,18,31H,1,9,12,15H2. The van der Waals surface area contributed by atoms with Gasteiger partial charge in [-0.1, -0.05) is 30.7 Å². The topological polar surface area (TPSA) is 54.0 Å². The highest BCUT2D eigenvalue weighted by molar-refractivity contribution is 7.99. The monoisotopic (exact) mass is 482 g/mol. The number of aromatic amines is 1. The molecule has 3 aromatic heterocycles. The molecule has 1 aliphatic rings. The lowest BCUT2D eigenvalue weighted by Gasteiger charge is -2.38. The molecule has 1 aromatic carbocycles. The van der Waals surface area contributed by atoms with E-state index in [4.69, 9.17) is 4.74 Å². The molecular weight excluding hydrogens is 461 g/mol. The number of hydrogen-bond acceptors (Lipinski definition) is 5. The van der Waals surface area contributed by atoms with Crippen molar-refractivity contribution in [3.05, 3.63) is 78.6 Å². The molecule has 9 heteroatoms. The van der Waals surface area contributed by atoms with Gasteiger partial charge >= 0.3 is 6.18 Å². The van der Waals surface area contributed by atoms with Gasteiger partial charge in [0.05, 0.1) is 34.5 Å². The van der Waals surface area contributed by atoms with Crippen LogP contribution in [0, 0.1) is 0 Å². The molecule has 4 aromatic rings. The Hall–Kier alpha value is -3.30. The van der Waals surface area contributed by atoms with Crippen LogP contribution in [0.5, 0.6) is 5.75 Å². The Labute approximate surface area is 198 Å². The Morgan fingerprint density at radius 3 is 2.85 bits per heavy atom. The third-order valence-corrected chi connectivity index (χ3v) is 6.72. The first-order valence-electron chi connectivity index (χ1n) is 10.7. The van der Waals surface area contributed by atoms with Gasteiger partial charge in [-0.2, -0.15) is 13.2 Å². The van der Waals surface area contributed by atoms with E-state index in [-0.39, 0.29) is 6.04 Å². The quantitative estimate of drug-likeness (QED) is 0.303. The van der Waals surface area contributed by atoms with Gasteiger partial charge in [0.2, 0.25) is 0 Å². The maximum atomic E-state index is 13.4. The Kier molecular flexibility index (Phi) is 6.05. The minimum Gasteiger partial charge on any atom is -0.490 e. The van der Waals surface area contributed by atoms with Crippen molar-refractivity contribution in [2.75, 3.05) is 13.2 Å². The lowest BCUT2D eigenvalue weighted by Crippen LogP contribution is -2.46. The molecule has 1 N–H and O–H groups in total. The summed E-state index contributed by atoms with van der Waals surface area (Å²) in [5, 5.41) is 1.79. The summed E-state index contributed by atoms with van der Waals surface area (Å²) in [5.74, 6) is 0.553. The third kappa shape index (κ3) is 4.28. The summed E-state index contributed by atoms with van der Waals surface area (Å²) < 4.78 is 48.7. The molecule has 34 heavy (non-hydrogen) atoms. The molecule has 1 saturated heterocycles. The highest BCUT2D eigenvalue weighted by Crippen LogP contribution is 2.42. The van der Waals surface area contributed by atoms with E-state index in [0.29, 0.717) is 40.3 Å². The first kappa shape index (κ1) is 22.5. The predicted octanol–water partition coefficient (Wildman–Crippen LogP) is 6.56. The van der Waals surface area contributed by atoms with E-state index >= 15 is 0 Å². The van der Waals surface area contributed by atoms with Gasteiger partial charge in [0.1, 0.15) is 12.4 Å². The average Bonchev–Trinajstić information content (AvgIpc) is 3.21. The van der Waals surface area contributed by atoms with Gasteiger partial charge in [0.15, 0.2) is 0 Å². The summed E-state index contributed by atoms with van der Waals surface area (Å²) in [7, 11) is 0. The van der Waals surface area contributed by atoms with Crippen molar-refractivity contribution in [2.45, 2.75) is 18.6 Å². The van der Waals surface area contributed by atoms with Gasteiger partial charge in [-0.25, -0.2) is 4.31 Å². The van der Waals surface area contributed by atoms with E-state index in [1.165, 1.54) is 6.07 Å². The van der Waals surface area contributed by atoms with Crippen LogP contribution in [0.1, 0.15) is 12.0 Å². The van der Waals surface area contributed by atoms with Gasteiger partial charge in [-0.15, -0.1) is 0 Å². The van der Waals surface area contributed by atoms with Gasteiger partial charge in [-0.3, -0.25) is 9.97 Å². The summed E-state index contributed by atoms with van der Waals surface area (Å²) in [6, 6.07) is 11.0. The highest BCUT2D eigenvalue weighted by Gasteiger charge is 2.32. The van der Waals surface area contributed by atoms with E-state index in [9.17, 15) is 13.2 Å². The lowest BCUT2D eigenvalue weighted by atomic mass is 9.98. The number of benzene rings is 1. The Balaban J connectivity index is 1.58. The van der Waals surface area contributed by atoms with Crippen LogP contribution in [-0.4, -0.2) is 38.5 Å². The first-order chi connectivity index (χ1) is 16.5. The van der Waals surface area contributed by atoms with Crippen LogP contribution >= 0.6 is 11.9 Å². The van der Waals surface area contributed by atoms with Gasteiger partial charge in [0, 0.05) is 30.1 Å². The largest absolute Gasteiger partial charge is 0.490 e. The predicted molar refractivity (Wildman–Crippen MR) is 128 cm³/mol. The van der Waals surface area contributed by atoms with Crippen molar-refractivity contribution < 1.29 is 17.9 Å². The summed E-state index contributed by atoms with van der Waals surface area (Å²) in [5.41, 5.74) is 2.96. The summed E-state index contributed by atoms with van der Waals surface area (Å²) in [4.78, 5) is 12.0. The number of fused-ring (bicyclic) bond motifs is 1. The van der Waals surface area contributed by atoms with Crippen LogP contribution in [0.15, 0.2) is 73.0 Å². The number of halogens is 3. The number of rotatable bonds is 7. The SMILES string of the molecule is C=CSN1CCC1COc1cnccc1-c1[nH]c2cccnc2c1-c1cccc(C(F)(F)F)c1. The normalized spacial score (nSPS) is 16.4. The fraction of sp³-hybridized carbons (Fsp3) is 0.200. The molecule has 4 heterocycles. The highest BCUT2D eigenvalue weighted by atomic mass is 32.2. The summed E-state index contributed by atoms with van der Waals surface area (Å²) in [6.07, 6.45) is 1.47. The van der Waals surface area contributed by atoms with E-state index < -0.39 is 11.7 Å². The minimum atomic E-state index is -4.45. The summed E-state index contributed by atoms with van der Waals surface area (Å²) >= 11 is 1.56. The van der Waals surface area contributed by atoms with Crippen molar-refractivity contribution in [1.29, 1.82) is 0 Å². The van der Waals surface area contributed by atoms with Crippen molar-refractivity contribution >= 4 is 23.0 Å². The number of hydrogen-bond donors (Lipinski definition) is 1. The molecule has 1 unspecified atom stereocenters. The fourth-order valence-electron chi connectivity index (χ4n) is 4.06. The van der Waals surface area contributed by atoms with Gasteiger partial charge in [0.25, 0.3) is 0 Å². The second kappa shape index (κ2) is 9.15. The van der Waals surface area contributed by atoms with E-state index in [1.54, 1.807) is 54.1 Å². The number of ether oxygens (including phenoxy) is 1. The first-order valence-corrected chi connectivity index (χ1v) is 11.5. The summed E-state index contributed by atoms with van der Waals surface area (Å²) in [6.45, 7) is 5.20. The van der Waals surface area contributed by atoms with Crippen LogP contribution in [-0.2, 0) is 6.18 Å². The minimum absolute atomic E-state index is 0.253. The van der Waals surface area contributed by atoms with Crippen molar-refractivity contribution in [3.63, 3.8) is 0 Å². The number of H-pyrrole nitrogens is 1. The Bertz CT molecular complexity index is 1340. The molecule has 1 aliphatic heterocycles. The van der Waals surface area contributed by atoms with Crippen LogP contribution in [0.2, 0.25) is 0 Å². The molecule has 0 radical (unpaired) electrons. The molecule has 0 spiro atoms. The second-order valence-corrected chi connectivity index (χ2v) is 8.90. The lowest BCUT2D eigenvalue weighted by molar-refractivity contribution is -0.137. The third-order valence-electron chi connectivity index (χ3n) is 5.82. The molecule has 0 amide bonds. The zero-order valence-corrected chi connectivity index (χ0v) is 18.9. The van der Waals surface area contributed by atoms with Crippen molar-refractivity contribution in [2.24, 2.45) is 0 Å². The van der Waals surface area contributed by atoms with Crippen LogP contribution in [0.3, 0.4) is 0 Å². The van der Waals surface area contributed by atoms with Gasteiger partial charge in [-0.05, 0) is 47.7 Å². The Morgan fingerprint density at radius 2 is 2.09 bits per heavy atom. The molecule has 0 aliphatic carbocycles. The van der Waals surface area contributed by atoms with E-state index in [0.717, 1.165) is 30.6 Å². The molecule has 1 fully saturated rings. The average molecular weight is 483 g/mol. The number of aromatic nitrogens is 3. The number of alkyl halides is 3. The van der Waals surface area contributed by atoms with E-state index in [1.807, 2.05) is 6.07 Å². The van der Waals surface area contributed by atoms with Crippen molar-refractivity contribution in [3.8, 4) is 28.1 Å². The molecule has 1 atom stereocenters. The second-order valence-electron chi connectivity index (χ2n) is 7.89. The number of pyridine rings is 2. The smallest absolute Gasteiger partial charge is 0.416 e. The van der Waals surface area contributed by atoms with Crippen LogP contribution in [0.4, 0.5) is 13.2 Å². The van der Waals surface area contributed by atoms with Crippen LogP contribution in [0.25, 0.3) is 33.4 Å².